The Morgan fingerprint density at radius 1 is 1.22 bits per heavy atom. The highest BCUT2D eigenvalue weighted by atomic mass is 35.5. The van der Waals surface area contributed by atoms with Gasteiger partial charge in [0.15, 0.2) is 0 Å². The van der Waals surface area contributed by atoms with Crippen LogP contribution in [0, 0.1) is 0 Å². The third-order valence-corrected chi connectivity index (χ3v) is 2.47. The predicted molar refractivity (Wildman–Crippen MR) is 67.0 cm³/mol. The van der Waals surface area contributed by atoms with Crippen LogP contribution in [-0.2, 0) is 6.61 Å². The van der Waals surface area contributed by atoms with E-state index in [9.17, 15) is 4.79 Å². The summed E-state index contributed by atoms with van der Waals surface area (Å²) in [5, 5.41) is 9.16. The molecule has 0 spiro atoms. The van der Waals surface area contributed by atoms with Crippen LogP contribution in [0.2, 0.25) is 5.15 Å². The van der Waals surface area contributed by atoms with Gasteiger partial charge < -0.3 is 9.84 Å². The molecule has 4 nitrogen and oxygen atoms in total. The Morgan fingerprint density at radius 3 is 2.56 bits per heavy atom. The number of benzene rings is 1. The number of aromatic nitrogens is 1. The summed E-state index contributed by atoms with van der Waals surface area (Å²) < 4.78 is 5.47. The molecule has 1 N–H and O–H groups in total. The van der Waals surface area contributed by atoms with E-state index in [1.807, 2.05) is 0 Å². The number of ether oxygens (including phenoxy) is 1. The highest BCUT2D eigenvalue weighted by Crippen LogP contribution is 2.14. The lowest BCUT2D eigenvalue weighted by atomic mass is 10.2. The zero-order valence-corrected chi connectivity index (χ0v) is 10.1. The van der Waals surface area contributed by atoms with Crippen LogP contribution in [0.25, 0.3) is 0 Å². The van der Waals surface area contributed by atoms with Gasteiger partial charge in [0, 0.05) is 0 Å². The molecule has 0 aliphatic rings. The van der Waals surface area contributed by atoms with Gasteiger partial charge in [-0.2, -0.15) is 0 Å². The minimum Gasteiger partial charge on any atom is -0.487 e. The summed E-state index contributed by atoms with van der Waals surface area (Å²) in [6.07, 6.45) is 0. The van der Waals surface area contributed by atoms with Gasteiger partial charge in [-0.25, -0.2) is 9.78 Å². The van der Waals surface area contributed by atoms with Crippen molar-refractivity contribution >= 4 is 17.6 Å². The third kappa shape index (κ3) is 3.21. The Bertz CT molecular complexity index is 554. The molecule has 0 aliphatic carbocycles. The van der Waals surface area contributed by atoms with E-state index in [1.165, 1.54) is 12.1 Å². The second-order valence-electron chi connectivity index (χ2n) is 3.57. The number of hydrogen-bond acceptors (Lipinski definition) is 3. The maximum absolute atomic E-state index is 10.7. The molecule has 0 saturated heterocycles. The summed E-state index contributed by atoms with van der Waals surface area (Å²) in [4.78, 5) is 14.7. The van der Waals surface area contributed by atoms with Crippen molar-refractivity contribution in [3.05, 3.63) is 58.9 Å². The summed E-state index contributed by atoms with van der Waals surface area (Å²) in [6.45, 7) is 0.285. The lowest BCUT2D eigenvalue weighted by Gasteiger charge is -2.06. The second-order valence-corrected chi connectivity index (χ2v) is 3.96. The van der Waals surface area contributed by atoms with E-state index in [0.717, 1.165) is 0 Å². The molecule has 2 aromatic rings. The first kappa shape index (κ1) is 12.4. The van der Waals surface area contributed by atoms with E-state index in [1.54, 1.807) is 30.3 Å². The predicted octanol–water partition coefficient (Wildman–Crippen LogP) is 3.01. The largest absolute Gasteiger partial charge is 0.487 e. The fraction of sp³-hybridized carbons (Fsp3) is 0.0769. The summed E-state index contributed by atoms with van der Waals surface area (Å²) in [7, 11) is 0. The van der Waals surface area contributed by atoms with Gasteiger partial charge in [0.05, 0.1) is 11.3 Å². The molecule has 0 amide bonds. The zero-order chi connectivity index (χ0) is 13.0. The first-order valence-corrected chi connectivity index (χ1v) is 5.60. The van der Waals surface area contributed by atoms with Gasteiger partial charge in [-0.05, 0) is 36.4 Å². The number of carbonyl (C=O) groups is 1. The average Bonchev–Trinajstić information content (AvgIpc) is 2.37. The molecular formula is C13H10ClNO3. The van der Waals surface area contributed by atoms with E-state index in [-0.39, 0.29) is 12.2 Å². The van der Waals surface area contributed by atoms with Crippen molar-refractivity contribution in [2.24, 2.45) is 0 Å². The van der Waals surface area contributed by atoms with Gasteiger partial charge in [-0.15, -0.1) is 0 Å². The van der Waals surface area contributed by atoms with Crippen molar-refractivity contribution in [2.45, 2.75) is 6.61 Å². The van der Waals surface area contributed by atoms with Gasteiger partial charge in [0.2, 0.25) is 0 Å². The summed E-state index contributed by atoms with van der Waals surface area (Å²) >= 11 is 5.75. The minimum absolute atomic E-state index is 0.225. The maximum atomic E-state index is 10.7. The van der Waals surface area contributed by atoms with Gasteiger partial charge in [0.1, 0.15) is 17.5 Å². The fourth-order valence-electron chi connectivity index (χ4n) is 1.38. The zero-order valence-electron chi connectivity index (χ0n) is 9.34. The van der Waals surface area contributed by atoms with Crippen molar-refractivity contribution < 1.29 is 14.6 Å². The molecule has 0 fully saturated rings. The van der Waals surface area contributed by atoms with Gasteiger partial charge in [-0.1, -0.05) is 17.7 Å². The van der Waals surface area contributed by atoms with E-state index in [4.69, 9.17) is 21.4 Å². The molecule has 1 aromatic carbocycles. The van der Waals surface area contributed by atoms with Crippen LogP contribution in [-0.4, -0.2) is 16.1 Å². The van der Waals surface area contributed by atoms with Crippen LogP contribution >= 0.6 is 11.6 Å². The van der Waals surface area contributed by atoms with Crippen molar-refractivity contribution in [3.63, 3.8) is 0 Å². The number of halogens is 1. The van der Waals surface area contributed by atoms with Crippen molar-refractivity contribution in [1.29, 1.82) is 0 Å². The Balaban J connectivity index is 2.00. The van der Waals surface area contributed by atoms with Crippen LogP contribution in [0.4, 0.5) is 0 Å². The minimum atomic E-state index is -0.960. The number of carboxylic acid groups (broad SMARTS) is 1. The van der Waals surface area contributed by atoms with E-state index in [2.05, 4.69) is 4.98 Å². The number of hydrogen-bond donors (Lipinski definition) is 1. The number of rotatable bonds is 4. The first-order chi connectivity index (χ1) is 8.65. The number of pyridine rings is 1. The Hall–Kier alpha value is -2.07. The molecule has 0 bridgehead atoms. The molecule has 0 radical (unpaired) electrons. The third-order valence-electron chi connectivity index (χ3n) is 2.26. The molecule has 0 aliphatic heterocycles. The molecule has 92 valence electrons. The lowest BCUT2D eigenvalue weighted by Crippen LogP contribution is -1.99. The van der Waals surface area contributed by atoms with Gasteiger partial charge in [0.25, 0.3) is 0 Å². The molecule has 1 aromatic heterocycles. The van der Waals surface area contributed by atoms with Crippen LogP contribution < -0.4 is 4.74 Å². The Morgan fingerprint density at radius 2 is 1.94 bits per heavy atom. The van der Waals surface area contributed by atoms with Crippen LogP contribution in [0.15, 0.2) is 42.5 Å². The first-order valence-electron chi connectivity index (χ1n) is 5.23. The number of nitrogens with zero attached hydrogens (tertiary/aromatic N) is 1. The average molecular weight is 264 g/mol. The highest BCUT2D eigenvalue weighted by molar-refractivity contribution is 6.29. The molecule has 0 atom stereocenters. The monoisotopic (exact) mass is 263 g/mol. The van der Waals surface area contributed by atoms with Gasteiger partial charge >= 0.3 is 5.97 Å². The summed E-state index contributed by atoms with van der Waals surface area (Å²) in [5.41, 5.74) is 0.938. The van der Waals surface area contributed by atoms with Crippen LogP contribution in [0.1, 0.15) is 16.1 Å². The highest BCUT2D eigenvalue weighted by Gasteiger charge is 2.02. The summed E-state index contributed by atoms with van der Waals surface area (Å²) in [6, 6.07) is 11.5. The topological polar surface area (TPSA) is 59.4 Å². The number of aromatic carboxylic acids is 1. The number of carboxylic acids is 1. The lowest BCUT2D eigenvalue weighted by molar-refractivity contribution is 0.0697. The molecule has 1 heterocycles. The van der Waals surface area contributed by atoms with E-state index in [0.29, 0.717) is 16.6 Å². The Kier molecular flexibility index (Phi) is 3.79. The van der Waals surface area contributed by atoms with Crippen molar-refractivity contribution in [1.82, 2.24) is 4.98 Å². The molecule has 0 saturated carbocycles. The molecule has 18 heavy (non-hydrogen) atoms. The van der Waals surface area contributed by atoms with Crippen molar-refractivity contribution in [2.75, 3.05) is 0 Å². The fourth-order valence-corrected chi connectivity index (χ4v) is 1.56. The van der Waals surface area contributed by atoms with E-state index < -0.39 is 5.97 Å². The maximum Gasteiger partial charge on any atom is 0.335 e. The quantitative estimate of drug-likeness (QED) is 0.862. The standard InChI is InChI=1S/C13H10ClNO3/c14-12-3-1-2-10(15-12)8-18-11-6-4-9(5-7-11)13(16)17/h1-7H,8H2,(H,16,17). The normalized spacial score (nSPS) is 10.1. The SMILES string of the molecule is O=C(O)c1ccc(OCc2cccc(Cl)n2)cc1. The van der Waals surface area contributed by atoms with Crippen LogP contribution in [0.5, 0.6) is 5.75 Å². The summed E-state index contributed by atoms with van der Waals surface area (Å²) in [5.74, 6) is -0.375. The molecular weight excluding hydrogens is 254 g/mol. The van der Waals surface area contributed by atoms with Gasteiger partial charge in [-0.3, -0.25) is 0 Å². The Labute approximate surface area is 109 Å². The molecule has 2 rings (SSSR count). The van der Waals surface area contributed by atoms with Crippen LogP contribution in [0.3, 0.4) is 0 Å². The van der Waals surface area contributed by atoms with Crippen molar-refractivity contribution in [3.8, 4) is 5.75 Å². The second kappa shape index (κ2) is 5.51. The molecule has 0 unspecified atom stereocenters. The van der Waals surface area contributed by atoms with E-state index >= 15 is 0 Å². The smallest absolute Gasteiger partial charge is 0.335 e. The molecule has 5 heteroatoms.